The summed E-state index contributed by atoms with van der Waals surface area (Å²) >= 11 is 2.82. The lowest BCUT2D eigenvalue weighted by Gasteiger charge is -2.04. The van der Waals surface area contributed by atoms with Gasteiger partial charge in [0.1, 0.15) is 0 Å². The predicted molar refractivity (Wildman–Crippen MR) is 67.2 cm³/mol. The Morgan fingerprint density at radius 3 is 2.44 bits per heavy atom. The van der Waals surface area contributed by atoms with Crippen molar-refractivity contribution in [1.82, 2.24) is 4.98 Å². The third kappa shape index (κ3) is 2.15. The van der Waals surface area contributed by atoms with Crippen LogP contribution in [0.2, 0.25) is 0 Å². The molecule has 0 unspecified atom stereocenters. The lowest BCUT2D eigenvalue weighted by Crippen LogP contribution is -2.12. The number of allylic oxidation sites excluding steroid dienone is 1. The minimum absolute atomic E-state index is 0.196. The van der Waals surface area contributed by atoms with Gasteiger partial charge in [-0.25, -0.2) is 0 Å². The summed E-state index contributed by atoms with van der Waals surface area (Å²) < 4.78 is 0.757. The molecule has 2 rings (SSSR count). The van der Waals surface area contributed by atoms with E-state index in [1.807, 2.05) is 10.8 Å². The molecule has 0 amide bonds. The van der Waals surface area contributed by atoms with E-state index in [1.165, 1.54) is 30.4 Å². The summed E-state index contributed by atoms with van der Waals surface area (Å²) in [6.45, 7) is 1.42. The Morgan fingerprint density at radius 2 is 1.94 bits per heavy atom. The zero-order valence-electron chi connectivity index (χ0n) is 8.52. The smallest absolute Gasteiger partial charge is 0.214 e. The minimum atomic E-state index is -0.240. The number of ketones is 2. The molecule has 3 nitrogen and oxygen atoms in total. The number of H-pyrrole nitrogens is 1. The second-order valence-corrected chi connectivity index (χ2v) is 5.23. The monoisotopic (exact) mass is 251 g/mol. The van der Waals surface area contributed by atoms with Crippen molar-refractivity contribution < 1.29 is 9.59 Å². The number of aromatic amines is 1. The fraction of sp³-hybridized carbons (Fsp3) is 0.0909. The molecule has 5 heteroatoms. The summed E-state index contributed by atoms with van der Waals surface area (Å²) in [5.74, 6) is -0.436. The van der Waals surface area contributed by atoms with Crippen molar-refractivity contribution in [3.63, 3.8) is 0 Å². The molecular formula is C11H9NO2S2. The maximum absolute atomic E-state index is 12.1. The van der Waals surface area contributed by atoms with Crippen LogP contribution in [0.3, 0.4) is 0 Å². The van der Waals surface area contributed by atoms with Crippen LogP contribution >= 0.6 is 23.5 Å². The number of Topliss-reactive ketones (excluding diaryl/α,β-unsaturated/α-hetero) is 2. The number of carbonyl (C=O) groups is 2. The SMILES string of the molecule is CC(=O)C(C(=O)c1ccc[nH]1)=C1SC=CS1. The summed E-state index contributed by atoms with van der Waals surface area (Å²) in [5.41, 5.74) is 0.716. The molecule has 0 saturated heterocycles. The van der Waals surface area contributed by atoms with E-state index in [1.54, 1.807) is 18.3 Å². The Morgan fingerprint density at radius 1 is 1.25 bits per heavy atom. The maximum Gasteiger partial charge on any atom is 0.214 e. The zero-order chi connectivity index (χ0) is 11.5. The first-order valence-electron chi connectivity index (χ1n) is 4.62. The topological polar surface area (TPSA) is 49.9 Å². The molecule has 0 fully saturated rings. The van der Waals surface area contributed by atoms with Crippen molar-refractivity contribution >= 4 is 35.1 Å². The molecule has 0 aliphatic carbocycles. The van der Waals surface area contributed by atoms with Crippen LogP contribution in [0.4, 0.5) is 0 Å². The van der Waals surface area contributed by atoms with Crippen LogP contribution in [-0.4, -0.2) is 16.6 Å². The highest BCUT2D eigenvalue weighted by Gasteiger charge is 2.23. The summed E-state index contributed by atoms with van der Waals surface area (Å²) in [6.07, 6.45) is 1.67. The highest BCUT2D eigenvalue weighted by atomic mass is 32.2. The standard InChI is InChI=1S/C11H9NO2S2/c1-7(13)9(11-15-5-6-16-11)10(14)8-3-2-4-12-8/h2-6,12H,1H3. The Labute approximate surface area is 101 Å². The normalized spacial score (nSPS) is 14.2. The molecule has 2 heterocycles. The van der Waals surface area contributed by atoms with Crippen molar-refractivity contribution in [2.75, 3.05) is 0 Å². The van der Waals surface area contributed by atoms with Crippen LogP contribution in [0.25, 0.3) is 0 Å². The summed E-state index contributed by atoms with van der Waals surface area (Å²) in [4.78, 5) is 26.4. The quantitative estimate of drug-likeness (QED) is 0.388. The lowest BCUT2D eigenvalue weighted by atomic mass is 10.1. The Hall–Kier alpha value is -1.20. The minimum Gasteiger partial charge on any atom is -0.359 e. The van der Waals surface area contributed by atoms with E-state index in [0.717, 1.165) is 4.24 Å². The molecule has 1 aliphatic heterocycles. The van der Waals surface area contributed by atoms with Gasteiger partial charge in [-0.15, -0.1) is 0 Å². The number of hydrogen-bond acceptors (Lipinski definition) is 4. The van der Waals surface area contributed by atoms with E-state index in [-0.39, 0.29) is 17.1 Å². The van der Waals surface area contributed by atoms with Crippen LogP contribution in [-0.2, 0) is 4.79 Å². The zero-order valence-corrected chi connectivity index (χ0v) is 10.2. The van der Waals surface area contributed by atoms with Gasteiger partial charge < -0.3 is 4.98 Å². The molecule has 0 aromatic carbocycles. The van der Waals surface area contributed by atoms with Crippen molar-refractivity contribution in [2.24, 2.45) is 0 Å². The fourth-order valence-electron chi connectivity index (χ4n) is 1.33. The molecular weight excluding hydrogens is 242 g/mol. The van der Waals surface area contributed by atoms with Gasteiger partial charge in [0.25, 0.3) is 0 Å². The van der Waals surface area contributed by atoms with Gasteiger partial charge in [0.05, 0.1) is 15.5 Å². The van der Waals surface area contributed by atoms with Crippen LogP contribution in [0.15, 0.2) is 39.0 Å². The molecule has 16 heavy (non-hydrogen) atoms. The van der Waals surface area contributed by atoms with Gasteiger partial charge in [0.2, 0.25) is 5.78 Å². The van der Waals surface area contributed by atoms with Crippen molar-refractivity contribution in [3.8, 4) is 0 Å². The second kappa shape index (κ2) is 4.76. The molecule has 0 bridgehead atoms. The van der Waals surface area contributed by atoms with Crippen LogP contribution in [0.5, 0.6) is 0 Å². The fourth-order valence-corrected chi connectivity index (χ4v) is 3.28. The number of carbonyl (C=O) groups excluding carboxylic acids is 2. The highest BCUT2D eigenvalue weighted by molar-refractivity contribution is 8.27. The average molecular weight is 251 g/mol. The van der Waals surface area contributed by atoms with E-state index in [9.17, 15) is 9.59 Å². The first-order valence-corrected chi connectivity index (χ1v) is 6.37. The summed E-state index contributed by atoms with van der Waals surface area (Å²) in [6, 6.07) is 3.41. The van der Waals surface area contributed by atoms with E-state index >= 15 is 0 Å². The average Bonchev–Trinajstić information content (AvgIpc) is 2.89. The maximum atomic E-state index is 12.1. The lowest BCUT2D eigenvalue weighted by molar-refractivity contribution is -0.113. The first kappa shape index (κ1) is 11.3. The van der Waals surface area contributed by atoms with Crippen LogP contribution in [0.1, 0.15) is 17.4 Å². The predicted octanol–water partition coefficient (Wildman–Crippen LogP) is 2.95. The summed E-state index contributed by atoms with van der Waals surface area (Å²) in [5, 5.41) is 3.73. The van der Waals surface area contributed by atoms with E-state index in [4.69, 9.17) is 0 Å². The van der Waals surface area contributed by atoms with Gasteiger partial charge in [-0.05, 0) is 29.9 Å². The van der Waals surface area contributed by atoms with E-state index < -0.39 is 0 Å². The Balaban J connectivity index is 2.38. The van der Waals surface area contributed by atoms with Crippen LogP contribution in [0, 0.1) is 0 Å². The van der Waals surface area contributed by atoms with E-state index in [2.05, 4.69) is 4.98 Å². The van der Waals surface area contributed by atoms with Crippen molar-refractivity contribution in [1.29, 1.82) is 0 Å². The molecule has 1 aliphatic rings. The number of rotatable bonds is 3. The molecule has 1 N–H and O–H groups in total. The van der Waals surface area contributed by atoms with Gasteiger partial charge in [0.15, 0.2) is 5.78 Å². The number of thioether (sulfide) groups is 2. The molecule has 0 atom stereocenters. The van der Waals surface area contributed by atoms with Gasteiger partial charge >= 0.3 is 0 Å². The second-order valence-electron chi connectivity index (χ2n) is 3.14. The Bertz CT molecular complexity index is 476. The number of hydrogen-bond donors (Lipinski definition) is 1. The number of aromatic nitrogens is 1. The first-order chi connectivity index (χ1) is 7.70. The summed E-state index contributed by atoms with van der Waals surface area (Å²) in [7, 11) is 0. The molecule has 0 radical (unpaired) electrons. The molecule has 0 spiro atoms. The van der Waals surface area contributed by atoms with Crippen LogP contribution < -0.4 is 0 Å². The van der Waals surface area contributed by atoms with Gasteiger partial charge in [-0.3, -0.25) is 9.59 Å². The van der Waals surface area contributed by atoms with E-state index in [0.29, 0.717) is 5.69 Å². The molecule has 1 aromatic rings. The largest absolute Gasteiger partial charge is 0.359 e. The van der Waals surface area contributed by atoms with Crippen molar-refractivity contribution in [2.45, 2.75) is 6.92 Å². The Kier molecular flexibility index (Phi) is 3.36. The molecule has 0 saturated carbocycles. The number of nitrogens with one attached hydrogen (secondary N) is 1. The molecule has 82 valence electrons. The van der Waals surface area contributed by atoms with Gasteiger partial charge in [-0.2, -0.15) is 0 Å². The highest BCUT2D eigenvalue weighted by Crippen LogP contribution is 2.40. The third-order valence-corrected chi connectivity index (χ3v) is 4.16. The van der Waals surface area contributed by atoms with Gasteiger partial charge in [-0.1, -0.05) is 23.5 Å². The molecule has 1 aromatic heterocycles. The van der Waals surface area contributed by atoms with Gasteiger partial charge in [0, 0.05) is 6.20 Å². The van der Waals surface area contributed by atoms with Crippen molar-refractivity contribution in [3.05, 3.63) is 44.6 Å². The third-order valence-electron chi connectivity index (χ3n) is 2.03.